The maximum atomic E-state index is 13.4. The number of carbonyl (C=O) groups excluding carboxylic acids is 3. The van der Waals surface area contributed by atoms with Crippen LogP contribution in [0.3, 0.4) is 0 Å². The fourth-order valence-electron chi connectivity index (χ4n) is 6.17. The Morgan fingerprint density at radius 3 is 2.57 bits per heavy atom. The van der Waals surface area contributed by atoms with Gasteiger partial charge in [-0.2, -0.15) is 0 Å². The van der Waals surface area contributed by atoms with E-state index in [4.69, 9.17) is 11.5 Å². The van der Waals surface area contributed by atoms with Gasteiger partial charge in [0.15, 0.2) is 12.0 Å². The number of aryl methyl sites for hydroxylation is 1. The van der Waals surface area contributed by atoms with E-state index in [1.54, 1.807) is 12.1 Å². The highest BCUT2D eigenvalue weighted by atomic mass is 16.5. The molecular weight excluding hydrogens is 480 g/mol. The summed E-state index contributed by atoms with van der Waals surface area (Å²) in [6.07, 6.45) is 1.63. The molecule has 1 aromatic carbocycles. The van der Waals surface area contributed by atoms with Gasteiger partial charge in [-0.05, 0) is 30.0 Å². The first-order valence-corrected chi connectivity index (χ1v) is 12.5. The molecule has 0 aliphatic carbocycles. The molecule has 198 valence electrons. The van der Waals surface area contributed by atoms with Crippen LogP contribution in [0.25, 0.3) is 0 Å². The summed E-state index contributed by atoms with van der Waals surface area (Å²) in [5, 5.41) is 28.9. The van der Waals surface area contributed by atoms with Gasteiger partial charge >= 0.3 is 5.96 Å². The Labute approximate surface area is 213 Å². The monoisotopic (exact) mass is 513 g/mol. The molecule has 2 saturated heterocycles. The van der Waals surface area contributed by atoms with Crippen LogP contribution in [-0.2, 0) is 22.4 Å². The van der Waals surface area contributed by atoms with Gasteiger partial charge in [-0.3, -0.25) is 34.9 Å². The topological polar surface area (TPSA) is 201 Å². The van der Waals surface area contributed by atoms with Crippen LogP contribution in [-0.4, -0.2) is 92.3 Å². The van der Waals surface area contributed by atoms with Crippen molar-refractivity contribution >= 4 is 29.6 Å². The summed E-state index contributed by atoms with van der Waals surface area (Å²) < 4.78 is 0. The Bertz CT molecular complexity index is 1210. The minimum absolute atomic E-state index is 0.0317. The third kappa shape index (κ3) is 3.55. The SMILES string of the molecule is CCc1cccc(C(=O)NC2CN3C(N)=N[C@@H](CN4C(=O)CCC4=O)[C@@H]4[NH+]=C(N)N[C@@]43C2(O)O)c1CC. The van der Waals surface area contributed by atoms with Crippen LogP contribution >= 0.6 is 0 Å². The largest absolute Gasteiger partial charge is 0.370 e. The van der Waals surface area contributed by atoms with Crippen molar-refractivity contribution in [1.82, 2.24) is 20.4 Å². The fourth-order valence-corrected chi connectivity index (χ4v) is 6.17. The molecule has 0 radical (unpaired) electrons. The Kier molecular flexibility index (Phi) is 5.87. The van der Waals surface area contributed by atoms with Crippen LogP contribution in [0.5, 0.6) is 0 Å². The predicted molar refractivity (Wildman–Crippen MR) is 132 cm³/mol. The van der Waals surface area contributed by atoms with Crippen molar-refractivity contribution in [1.29, 1.82) is 0 Å². The third-order valence-corrected chi connectivity index (χ3v) is 7.97. The molecule has 0 saturated carbocycles. The molecule has 1 spiro atoms. The maximum absolute atomic E-state index is 13.4. The van der Waals surface area contributed by atoms with Gasteiger partial charge in [0, 0.05) is 18.4 Å². The molecule has 13 nitrogen and oxygen atoms in total. The van der Waals surface area contributed by atoms with E-state index in [0.717, 1.165) is 22.4 Å². The number of imide groups is 1. The number of rotatable bonds is 6. The third-order valence-electron chi connectivity index (χ3n) is 7.97. The standard InChI is InChI=1S/C24H32N8O5/c1-3-12-6-5-7-14(13(12)4-2)20(35)28-16-11-32-22(26)27-15(10-31-17(33)8-9-18(31)34)19-23(32,24(16,36)37)30-21(25)29-19/h5-7,15-16,19,36-37H,3-4,8-11H2,1-2H3,(H2,26,27)(H,28,35)(H3,25,29,30)/p+1/t15-,16?,19-,23-/m0/s1. The van der Waals surface area contributed by atoms with E-state index in [2.05, 4.69) is 20.6 Å². The van der Waals surface area contributed by atoms with Gasteiger partial charge in [0.25, 0.3) is 11.6 Å². The molecule has 0 aromatic heterocycles. The van der Waals surface area contributed by atoms with Crippen molar-refractivity contribution in [3.8, 4) is 0 Å². The Morgan fingerprint density at radius 2 is 1.92 bits per heavy atom. The minimum Gasteiger partial charge on any atom is -0.370 e. The number of hydrogen-bond acceptors (Lipinski definition) is 10. The number of nitrogens with two attached hydrogens (primary N) is 2. The summed E-state index contributed by atoms with van der Waals surface area (Å²) >= 11 is 0. The lowest BCUT2D eigenvalue weighted by molar-refractivity contribution is -0.521. The van der Waals surface area contributed by atoms with Crippen molar-refractivity contribution in [3.63, 3.8) is 0 Å². The normalized spacial score (nSPS) is 30.0. The molecule has 2 fully saturated rings. The molecule has 4 aliphatic rings. The first kappa shape index (κ1) is 25.0. The van der Waals surface area contributed by atoms with Gasteiger partial charge in [0.1, 0.15) is 12.1 Å². The van der Waals surface area contributed by atoms with Crippen LogP contribution < -0.4 is 27.1 Å². The summed E-state index contributed by atoms with van der Waals surface area (Å²) in [5.41, 5.74) is 13.1. The molecule has 0 bridgehead atoms. The van der Waals surface area contributed by atoms with Gasteiger partial charge < -0.3 is 21.3 Å². The fraction of sp³-hybridized carbons (Fsp3) is 0.542. The van der Waals surface area contributed by atoms with Crippen LogP contribution in [0.2, 0.25) is 0 Å². The van der Waals surface area contributed by atoms with E-state index in [0.29, 0.717) is 12.0 Å². The van der Waals surface area contributed by atoms with Gasteiger partial charge in [-0.1, -0.05) is 26.0 Å². The average molecular weight is 514 g/mol. The molecule has 3 amide bonds. The van der Waals surface area contributed by atoms with Crippen LogP contribution in [0.15, 0.2) is 23.2 Å². The van der Waals surface area contributed by atoms with E-state index < -0.39 is 35.5 Å². The van der Waals surface area contributed by atoms with Gasteiger partial charge in [-0.15, -0.1) is 0 Å². The lowest BCUT2D eigenvalue weighted by atomic mass is 9.84. The van der Waals surface area contributed by atoms with Crippen LogP contribution in [0.4, 0.5) is 0 Å². The number of likely N-dealkylation sites (tertiary alicyclic amines) is 1. The highest BCUT2D eigenvalue weighted by Gasteiger charge is 2.76. The minimum atomic E-state index is -2.58. The lowest BCUT2D eigenvalue weighted by Gasteiger charge is -2.46. The van der Waals surface area contributed by atoms with Crippen molar-refractivity contribution in [3.05, 3.63) is 34.9 Å². The number of hydrogen-bond donors (Lipinski definition) is 7. The Balaban J connectivity index is 1.47. The Morgan fingerprint density at radius 1 is 1.22 bits per heavy atom. The molecular formula is C24H33N8O5+. The molecule has 37 heavy (non-hydrogen) atoms. The molecule has 4 aliphatic heterocycles. The van der Waals surface area contributed by atoms with E-state index in [1.807, 2.05) is 19.9 Å². The van der Waals surface area contributed by atoms with Crippen LogP contribution in [0.1, 0.15) is 48.2 Å². The van der Waals surface area contributed by atoms with Crippen LogP contribution in [0, 0.1) is 0 Å². The van der Waals surface area contributed by atoms with Crippen molar-refractivity contribution in [2.45, 2.75) is 69.1 Å². The van der Waals surface area contributed by atoms with E-state index in [-0.39, 0.29) is 49.7 Å². The molecule has 9 N–H and O–H groups in total. The second kappa shape index (κ2) is 8.70. The Hall–Kier alpha value is -3.71. The molecule has 13 heteroatoms. The highest BCUT2D eigenvalue weighted by molar-refractivity contribution is 6.02. The zero-order valence-corrected chi connectivity index (χ0v) is 20.8. The van der Waals surface area contributed by atoms with Crippen molar-refractivity contribution < 1.29 is 29.6 Å². The van der Waals surface area contributed by atoms with Gasteiger partial charge in [0.05, 0.1) is 13.1 Å². The van der Waals surface area contributed by atoms with Crippen molar-refractivity contribution in [2.24, 2.45) is 16.5 Å². The zero-order chi connectivity index (χ0) is 26.7. The molecule has 5 rings (SSSR count). The lowest BCUT2D eigenvalue weighted by Crippen LogP contribution is -2.90. The molecule has 1 aromatic rings. The summed E-state index contributed by atoms with van der Waals surface area (Å²) in [6.45, 7) is 3.80. The van der Waals surface area contributed by atoms with Gasteiger partial charge in [0.2, 0.25) is 17.6 Å². The number of nitrogens with one attached hydrogen (secondary N) is 3. The number of benzene rings is 1. The summed E-state index contributed by atoms with van der Waals surface area (Å²) in [6, 6.07) is 2.60. The summed E-state index contributed by atoms with van der Waals surface area (Å²) in [4.78, 5) is 47.9. The number of aliphatic hydroxyl groups is 2. The molecule has 1 unspecified atom stereocenters. The summed E-state index contributed by atoms with van der Waals surface area (Å²) in [5.74, 6) is -3.65. The smallest absolute Gasteiger partial charge is 0.343 e. The maximum Gasteiger partial charge on any atom is 0.343 e. The quantitative estimate of drug-likeness (QED) is 0.146. The second-order valence-electron chi connectivity index (χ2n) is 9.89. The first-order valence-electron chi connectivity index (χ1n) is 12.5. The average Bonchev–Trinajstić information content (AvgIpc) is 3.46. The number of carbonyl (C=O) groups is 3. The zero-order valence-electron chi connectivity index (χ0n) is 20.8. The number of aliphatic imine (C=N–C) groups is 1. The predicted octanol–water partition coefficient (Wildman–Crippen LogP) is -4.18. The van der Waals surface area contributed by atoms with E-state index >= 15 is 0 Å². The van der Waals surface area contributed by atoms with E-state index in [9.17, 15) is 24.6 Å². The van der Waals surface area contributed by atoms with Gasteiger partial charge in [-0.25, -0.2) is 10.3 Å². The highest BCUT2D eigenvalue weighted by Crippen LogP contribution is 2.41. The number of guanidine groups is 2. The number of amides is 3. The molecule has 4 atom stereocenters. The molecule has 4 heterocycles. The second-order valence-corrected chi connectivity index (χ2v) is 9.89. The van der Waals surface area contributed by atoms with Crippen molar-refractivity contribution in [2.75, 3.05) is 13.1 Å². The number of nitrogens with zero attached hydrogens (tertiary/aromatic N) is 3. The first-order chi connectivity index (χ1) is 17.5. The summed E-state index contributed by atoms with van der Waals surface area (Å²) in [7, 11) is 0. The van der Waals surface area contributed by atoms with E-state index in [1.165, 1.54) is 4.90 Å².